The first-order chi connectivity index (χ1) is 17.2. The fourth-order valence-corrected chi connectivity index (χ4v) is 3.49. The number of nitrogens with two attached hydrogens (primary N) is 2. The zero-order chi connectivity index (χ0) is 26.9. The summed E-state index contributed by atoms with van der Waals surface area (Å²) in [5.41, 5.74) is 7.91. The highest BCUT2D eigenvalue weighted by molar-refractivity contribution is 7.80. The topological polar surface area (TPSA) is 206 Å². The zero-order valence-corrected chi connectivity index (χ0v) is 21.0. The third-order valence-electron chi connectivity index (χ3n) is 5.24. The largest absolute Gasteiger partial charge is 0.508 e. The molecule has 0 radical (unpaired) electrons. The van der Waals surface area contributed by atoms with Crippen LogP contribution in [-0.4, -0.2) is 59.0 Å². The molecule has 36 heavy (non-hydrogen) atoms. The number of thiol groups is 1. The van der Waals surface area contributed by atoms with Gasteiger partial charge in [0.25, 0.3) is 0 Å². The predicted octanol–water partition coefficient (Wildman–Crippen LogP) is -0.844. The Morgan fingerprint density at radius 3 is 2.00 bits per heavy atom. The number of benzene rings is 1. The Labute approximate surface area is 215 Å². The SMILES string of the molecule is NNC(=O)CCCC(=O)N[C@@H](Cc1ccc(O)cc1)C(=O)NCCCCCC(=O)N[C@@H](CS)C(N)=O. The van der Waals surface area contributed by atoms with Gasteiger partial charge < -0.3 is 26.8 Å². The molecule has 13 heteroatoms. The van der Waals surface area contributed by atoms with Gasteiger partial charge in [-0.15, -0.1) is 0 Å². The summed E-state index contributed by atoms with van der Waals surface area (Å²) in [7, 11) is 0. The molecule has 0 saturated carbocycles. The Hall–Kier alpha value is -3.32. The highest BCUT2D eigenvalue weighted by Crippen LogP contribution is 2.12. The molecular formula is C23H36N6O6S. The number of hydrogen-bond donors (Lipinski definition) is 8. The molecule has 0 spiro atoms. The van der Waals surface area contributed by atoms with Gasteiger partial charge in [0.05, 0.1) is 0 Å². The lowest BCUT2D eigenvalue weighted by atomic mass is 10.0. The number of phenolic OH excluding ortho intramolecular Hbond substituents is 1. The van der Waals surface area contributed by atoms with Gasteiger partial charge in [-0.1, -0.05) is 18.6 Å². The lowest BCUT2D eigenvalue weighted by molar-refractivity contribution is -0.129. The number of hydrogen-bond acceptors (Lipinski definition) is 8. The monoisotopic (exact) mass is 524 g/mol. The summed E-state index contributed by atoms with van der Waals surface area (Å²) >= 11 is 3.97. The van der Waals surface area contributed by atoms with Crippen molar-refractivity contribution in [3.63, 3.8) is 0 Å². The van der Waals surface area contributed by atoms with Crippen LogP contribution in [0.25, 0.3) is 0 Å². The number of phenols is 1. The summed E-state index contributed by atoms with van der Waals surface area (Å²) < 4.78 is 0. The van der Waals surface area contributed by atoms with E-state index in [9.17, 15) is 29.1 Å². The van der Waals surface area contributed by atoms with Crippen molar-refractivity contribution in [1.82, 2.24) is 21.4 Å². The van der Waals surface area contributed by atoms with Gasteiger partial charge in [0.15, 0.2) is 0 Å². The predicted molar refractivity (Wildman–Crippen MR) is 136 cm³/mol. The number of unbranched alkanes of at least 4 members (excludes halogenated alkanes) is 2. The first-order valence-electron chi connectivity index (χ1n) is 11.7. The van der Waals surface area contributed by atoms with Crippen LogP contribution in [0.4, 0.5) is 0 Å². The van der Waals surface area contributed by atoms with Gasteiger partial charge in [-0.25, -0.2) is 5.84 Å². The molecule has 2 atom stereocenters. The third-order valence-corrected chi connectivity index (χ3v) is 5.60. The lowest BCUT2D eigenvalue weighted by Gasteiger charge is -2.19. The highest BCUT2D eigenvalue weighted by atomic mass is 32.1. The van der Waals surface area contributed by atoms with Crippen LogP contribution in [0.3, 0.4) is 0 Å². The van der Waals surface area contributed by atoms with E-state index >= 15 is 0 Å². The van der Waals surface area contributed by atoms with Crippen LogP contribution in [0.15, 0.2) is 24.3 Å². The van der Waals surface area contributed by atoms with E-state index in [1.54, 1.807) is 12.1 Å². The molecule has 5 amide bonds. The summed E-state index contributed by atoms with van der Waals surface area (Å²) in [6, 6.07) is 4.66. The van der Waals surface area contributed by atoms with E-state index in [1.807, 2.05) is 5.43 Å². The molecule has 0 aliphatic carbocycles. The van der Waals surface area contributed by atoms with Crippen LogP contribution in [0, 0.1) is 0 Å². The van der Waals surface area contributed by atoms with Crippen molar-refractivity contribution in [2.75, 3.05) is 12.3 Å². The van der Waals surface area contributed by atoms with Gasteiger partial charge in [0.2, 0.25) is 29.5 Å². The summed E-state index contributed by atoms with van der Waals surface area (Å²) in [6.45, 7) is 0.347. The zero-order valence-electron chi connectivity index (χ0n) is 20.1. The smallest absolute Gasteiger partial charge is 0.242 e. The standard InChI is InChI=1S/C23H36N6O6S/c24-22(34)18(14-36)28-19(31)5-2-1-3-12-26-23(35)17(13-15-8-10-16(30)11-9-15)27-20(32)6-4-7-21(33)29-25/h8-11,17-18,30,36H,1-7,12-14,25H2,(H2,24,34)(H,26,35)(H,27,32)(H,28,31)(H,29,33)/t17-,18-/m0/s1. The highest BCUT2D eigenvalue weighted by Gasteiger charge is 2.21. The van der Waals surface area contributed by atoms with Crippen LogP contribution in [0.1, 0.15) is 50.5 Å². The lowest BCUT2D eigenvalue weighted by Crippen LogP contribution is -2.48. The minimum absolute atomic E-state index is 0.0542. The number of nitrogens with one attached hydrogen (secondary N) is 4. The van der Waals surface area contributed by atoms with Gasteiger partial charge in [0.1, 0.15) is 17.8 Å². The molecule has 0 bridgehead atoms. The number of rotatable bonds is 17. The van der Waals surface area contributed by atoms with Crippen molar-refractivity contribution in [2.45, 2.75) is 63.5 Å². The van der Waals surface area contributed by atoms with Gasteiger partial charge in [-0.05, 0) is 37.0 Å². The Bertz CT molecular complexity index is 882. The van der Waals surface area contributed by atoms with E-state index in [-0.39, 0.29) is 67.2 Å². The van der Waals surface area contributed by atoms with Crippen molar-refractivity contribution in [3.05, 3.63) is 29.8 Å². The van der Waals surface area contributed by atoms with E-state index in [0.717, 1.165) is 5.56 Å². The first kappa shape index (κ1) is 30.7. The molecule has 200 valence electrons. The molecule has 0 saturated heterocycles. The molecule has 0 aromatic heterocycles. The van der Waals surface area contributed by atoms with Crippen molar-refractivity contribution in [1.29, 1.82) is 0 Å². The first-order valence-corrected chi connectivity index (χ1v) is 12.3. The Morgan fingerprint density at radius 2 is 1.42 bits per heavy atom. The van der Waals surface area contributed by atoms with Gasteiger partial charge in [-0.3, -0.25) is 29.4 Å². The summed E-state index contributed by atoms with van der Waals surface area (Å²) in [4.78, 5) is 59.3. The molecule has 0 aliphatic heterocycles. The van der Waals surface area contributed by atoms with E-state index in [0.29, 0.717) is 25.8 Å². The average molecular weight is 525 g/mol. The second-order valence-corrected chi connectivity index (χ2v) is 8.58. The second-order valence-electron chi connectivity index (χ2n) is 8.22. The summed E-state index contributed by atoms with van der Waals surface area (Å²) in [6.07, 6.45) is 2.69. The van der Waals surface area contributed by atoms with Crippen LogP contribution in [-0.2, 0) is 30.4 Å². The number of amides is 5. The van der Waals surface area contributed by atoms with Gasteiger partial charge in [-0.2, -0.15) is 12.6 Å². The summed E-state index contributed by atoms with van der Waals surface area (Å²) in [5, 5.41) is 17.5. The van der Waals surface area contributed by atoms with Gasteiger partial charge >= 0.3 is 0 Å². The van der Waals surface area contributed by atoms with Crippen molar-refractivity contribution < 1.29 is 29.1 Å². The maximum atomic E-state index is 12.8. The number of aromatic hydroxyl groups is 1. The van der Waals surface area contributed by atoms with Gasteiger partial charge in [0, 0.05) is 38.0 Å². The second kappa shape index (κ2) is 17.2. The fraction of sp³-hybridized carbons (Fsp3) is 0.522. The third kappa shape index (κ3) is 13.0. The van der Waals surface area contributed by atoms with Crippen molar-refractivity contribution in [2.24, 2.45) is 11.6 Å². The van der Waals surface area contributed by atoms with Crippen molar-refractivity contribution >= 4 is 42.2 Å². The van der Waals surface area contributed by atoms with Crippen LogP contribution < -0.4 is 33.0 Å². The average Bonchev–Trinajstić information content (AvgIpc) is 2.84. The molecule has 0 aliphatic rings. The molecular weight excluding hydrogens is 488 g/mol. The summed E-state index contributed by atoms with van der Waals surface area (Å²) in [5.74, 6) is 3.17. The Morgan fingerprint density at radius 1 is 0.833 bits per heavy atom. The maximum absolute atomic E-state index is 12.8. The van der Waals surface area contributed by atoms with Crippen LogP contribution in [0.5, 0.6) is 5.75 Å². The normalized spacial score (nSPS) is 12.2. The molecule has 0 fully saturated rings. The Kier molecular flexibility index (Phi) is 14.6. The van der Waals surface area contributed by atoms with E-state index < -0.39 is 18.0 Å². The van der Waals surface area contributed by atoms with Crippen molar-refractivity contribution in [3.8, 4) is 5.75 Å². The van der Waals surface area contributed by atoms with Crippen LogP contribution >= 0.6 is 12.6 Å². The maximum Gasteiger partial charge on any atom is 0.242 e. The number of carbonyl (C=O) groups excluding carboxylic acids is 5. The fourth-order valence-electron chi connectivity index (χ4n) is 3.22. The molecule has 9 N–H and O–H groups in total. The molecule has 1 aromatic carbocycles. The number of primary amides is 1. The molecule has 0 unspecified atom stereocenters. The van der Waals surface area contributed by atoms with E-state index in [1.165, 1.54) is 12.1 Å². The van der Waals surface area contributed by atoms with Crippen LogP contribution in [0.2, 0.25) is 0 Å². The minimum atomic E-state index is -0.844. The quantitative estimate of drug-likeness (QED) is 0.0426. The number of hydrazine groups is 1. The minimum Gasteiger partial charge on any atom is -0.508 e. The van der Waals surface area contributed by atoms with E-state index in [4.69, 9.17) is 11.6 Å². The molecule has 12 nitrogen and oxygen atoms in total. The molecule has 1 rings (SSSR count). The number of carbonyl (C=O) groups is 5. The molecule has 1 aromatic rings. The van der Waals surface area contributed by atoms with E-state index in [2.05, 4.69) is 28.6 Å². The Balaban J connectivity index is 2.50. The molecule has 0 heterocycles.